The van der Waals surface area contributed by atoms with Crippen LogP contribution in [0.4, 0.5) is 5.82 Å². The number of anilines is 1. The fraction of sp³-hybridized carbons (Fsp3) is 0.455. The van der Waals surface area contributed by atoms with Crippen molar-refractivity contribution in [1.82, 2.24) is 19.7 Å². The lowest BCUT2D eigenvalue weighted by atomic mass is 10.2. The van der Waals surface area contributed by atoms with Crippen LogP contribution in [0.5, 0.6) is 11.5 Å². The first-order valence-corrected chi connectivity index (χ1v) is 10.0. The molecule has 0 saturated heterocycles. The molecule has 0 unspecified atom stereocenters. The normalized spacial score (nSPS) is 11.6. The van der Waals surface area contributed by atoms with Gasteiger partial charge in [-0.15, -0.1) is 5.10 Å². The average molecular weight is 398 g/mol. The highest BCUT2D eigenvalue weighted by atomic mass is 16.5. The summed E-state index contributed by atoms with van der Waals surface area (Å²) in [7, 11) is 4.05. The zero-order valence-corrected chi connectivity index (χ0v) is 18.1. The molecule has 0 aliphatic heterocycles. The predicted octanol–water partition coefficient (Wildman–Crippen LogP) is 3.97. The Hall–Kier alpha value is -2.80. The van der Waals surface area contributed by atoms with Crippen molar-refractivity contribution in [3.05, 3.63) is 36.5 Å². The lowest BCUT2D eigenvalue weighted by molar-refractivity contribution is 0.245. The Balaban J connectivity index is 1.97. The first-order valence-electron chi connectivity index (χ1n) is 10.0. The molecule has 0 aliphatic carbocycles. The quantitative estimate of drug-likeness (QED) is 0.589. The summed E-state index contributed by atoms with van der Waals surface area (Å²) in [6.07, 6.45) is 1.95. The molecule has 3 rings (SSSR count). The van der Waals surface area contributed by atoms with Crippen LogP contribution in [0.3, 0.4) is 0 Å². The molecular weight excluding hydrogens is 366 g/mol. The van der Waals surface area contributed by atoms with E-state index in [1.54, 1.807) is 4.68 Å². The van der Waals surface area contributed by atoms with Crippen LogP contribution < -0.4 is 14.8 Å². The van der Waals surface area contributed by atoms with E-state index in [1.807, 2.05) is 64.5 Å². The molecule has 156 valence electrons. The Morgan fingerprint density at radius 1 is 1.10 bits per heavy atom. The van der Waals surface area contributed by atoms with Gasteiger partial charge in [0.15, 0.2) is 5.82 Å². The van der Waals surface area contributed by atoms with Crippen molar-refractivity contribution in [3.8, 4) is 17.3 Å². The van der Waals surface area contributed by atoms with E-state index < -0.39 is 0 Å². The van der Waals surface area contributed by atoms with Gasteiger partial charge in [0.05, 0.1) is 11.6 Å². The number of likely N-dealkylation sites (N-methyl/N-ethyl adjacent to an activating group) is 1. The summed E-state index contributed by atoms with van der Waals surface area (Å²) in [6, 6.07) is 10.1. The molecule has 7 nitrogen and oxygen atoms in total. The topological polar surface area (TPSA) is 64.4 Å². The van der Waals surface area contributed by atoms with Crippen molar-refractivity contribution in [2.24, 2.45) is 0 Å². The van der Waals surface area contributed by atoms with Crippen LogP contribution in [0.1, 0.15) is 27.7 Å². The number of aromatic nitrogens is 3. The number of rotatable bonds is 9. The van der Waals surface area contributed by atoms with Crippen LogP contribution in [0.15, 0.2) is 36.5 Å². The van der Waals surface area contributed by atoms with E-state index in [0.29, 0.717) is 18.5 Å². The molecule has 7 heteroatoms. The molecule has 0 atom stereocenters. The zero-order chi connectivity index (χ0) is 21.0. The minimum Gasteiger partial charge on any atom is -0.492 e. The number of hydrogen-bond donors (Lipinski definition) is 1. The van der Waals surface area contributed by atoms with Crippen molar-refractivity contribution >= 4 is 16.7 Å². The van der Waals surface area contributed by atoms with Crippen molar-refractivity contribution in [2.75, 3.05) is 32.6 Å². The monoisotopic (exact) mass is 397 g/mol. The minimum absolute atomic E-state index is 0.0558. The molecule has 2 heterocycles. The summed E-state index contributed by atoms with van der Waals surface area (Å²) in [5.41, 5.74) is 0.814. The van der Waals surface area contributed by atoms with Crippen molar-refractivity contribution < 1.29 is 9.47 Å². The van der Waals surface area contributed by atoms with Gasteiger partial charge in [-0.2, -0.15) is 0 Å². The number of nitrogens with zero attached hydrogens (tertiary/aromatic N) is 4. The SMILES string of the molecule is CC(C)Nc1ccn(-c2cc(OC(C)C)c3ccc(OCCN(C)C)cc3n2)n1. The summed E-state index contributed by atoms with van der Waals surface area (Å²) in [5.74, 6) is 3.10. The second kappa shape index (κ2) is 9.13. The third-order valence-electron chi connectivity index (χ3n) is 4.16. The van der Waals surface area contributed by atoms with E-state index in [9.17, 15) is 0 Å². The molecule has 29 heavy (non-hydrogen) atoms. The van der Waals surface area contributed by atoms with E-state index in [1.165, 1.54) is 0 Å². The second-order valence-electron chi connectivity index (χ2n) is 7.92. The molecule has 0 fully saturated rings. The maximum absolute atomic E-state index is 6.07. The zero-order valence-electron chi connectivity index (χ0n) is 18.1. The predicted molar refractivity (Wildman–Crippen MR) is 117 cm³/mol. The number of nitrogens with one attached hydrogen (secondary N) is 1. The van der Waals surface area contributed by atoms with Gasteiger partial charge in [-0.1, -0.05) is 0 Å². The third kappa shape index (κ3) is 5.60. The van der Waals surface area contributed by atoms with Crippen LogP contribution in [-0.4, -0.2) is 59.1 Å². The summed E-state index contributed by atoms with van der Waals surface area (Å²) in [4.78, 5) is 6.90. The summed E-state index contributed by atoms with van der Waals surface area (Å²) < 4.78 is 13.7. The lowest BCUT2D eigenvalue weighted by Crippen LogP contribution is -2.19. The van der Waals surface area contributed by atoms with Crippen LogP contribution >= 0.6 is 0 Å². The number of fused-ring (bicyclic) bond motifs is 1. The Morgan fingerprint density at radius 3 is 2.59 bits per heavy atom. The van der Waals surface area contributed by atoms with Gasteiger partial charge in [0.2, 0.25) is 0 Å². The largest absolute Gasteiger partial charge is 0.492 e. The summed E-state index contributed by atoms with van der Waals surface area (Å²) in [6.45, 7) is 9.68. The molecule has 2 aromatic heterocycles. The maximum Gasteiger partial charge on any atom is 0.157 e. The molecule has 3 aromatic rings. The highest BCUT2D eigenvalue weighted by molar-refractivity contribution is 5.87. The first-order chi connectivity index (χ1) is 13.8. The molecule has 0 saturated carbocycles. The fourth-order valence-corrected chi connectivity index (χ4v) is 2.89. The Morgan fingerprint density at radius 2 is 1.90 bits per heavy atom. The second-order valence-corrected chi connectivity index (χ2v) is 7.92. The maximum atomic E-state index is 6.07. The highest BCUT2D eigenvalue weighted by Crippen LogP contribution is 2.30. The van der Waals surface area contributed by atoms with Gasteiger partial charge in [0.25, 0.3) is 0 Å². The Labute approximate surface area is 172 Å². The van der Waals surface area contributed by atoms with Gasteiger partial charge < -0.3 is 19.7 Å². The highest BCUT2D eigenvalue weighted by Gasteiger charge is 2.12. The first kappa shape index (κ1) is 20.9. The van der Waals surface area contributed by atoms with E-state index in [-0.39, 0.29) is 6.10 Å². The molecule has 1 aromatic carbocycles. The van der Waals surface area contributed by atoms with Crippen LogP contribution in [0.25, 0.3) is 16.7 Å². The average Bonchev–Trinajstić information content (AvgIpc) is 3.08. The van der Waals surface area contributed by atoms with Crippen LogP contribution in [0.2, 0.25) is 0 Å². The van der Waals surface area contributed by atoms with Gasteiger partial charge in [0, 0.05) is 42.4 Å². The van der Waals surface area contributed by atoms with Gasteiger partial charge in [0.1, 0.15) is 23.9 Å². The van der Waals surface area contributed by atoms with Gasteiger partial charge in [-0.3, -0.25) is 0 Å². The molecule has 0 amide bonds. The molecule has 1 N–H and O–H groups in total. The van der Waals surface area contributed by atoms with E-state index in [0.717, 1.165) is 34.8 Å². The molecule has 0 radical (unpaired) electrons. The van der Waals surface area contributed by atoms with E-state index in [4.69, 9.17) is 14.5 Å². The Kier molecular flexibility index (Phi) is 6.59. The number of benzene rings is 1. The van der Waals surface area contributed by atoms with E-state index in [2.05, 4.69) is 29.2 Å². The molecular formula is C22H31N5O2. The number of pyridine rings is 1. The van der Waals surface area contributed by atoms with Gasteiger partial charge in [-0.25, -0.2) is 9.67 Å². The van der Waals surface area contributed by atoms with Gasteiger partial charge >= 0.3 is 0 Å². The minimum atomic E-state index is 0.0558. The lowest BCUT2D eigenvalue weighted by Gasteiger charge is -2.15. The number of hydrogen-bond acceptors (Lipinski definition) is 6. The van der Waals surface area contributed by atoms with E-state index >= 15 is 0 Å². The fourth-order valence-electron chi connectivity index (χ4n) is 2.89. The summed E-state index contributed by atoms with van der Waals surface area (Å²) >= 11 is 0. The molecule has 0 aliphatic rings. The Bertz CT molecular complexity index is 950. The smallest absolute Gasteiger partial charge is 0.157 e. The standard InChI is InChI=1S/C22H31N5O2/c1-15(2)23-21-9-10-27(25-21)22-14-20(29-16(3)4)18-8-7-17(13-19(18)24-22)28-12-11-26(5)6/h7-10,13-16H,11-12H2,1-6H3,(H,23,25). The van der Waals surface area contributed by atoms with Gasteiger partial charge in [-0.05, 0) is 53.9 Å². The molecule has 0 spiro atoms. The summed E-state index contributed by atoms with van der Waals surface area (Å²) in [5, 5.41) is 8.85. The van der Waals surface area contributed by atoms with Crippen molar-refractivity contribution in [2.45, 2.75) is 39.8 Å². The van der Waals surface area contributed by atoms with Crippen molar-refractivity contribution in [1.29, 1.82) is 0 Å². The van der Waals surface area contributed by atoms with Crippen molar-refractivity contribution in [3.63, 3.8) is 0 Å². The molecule has 0 bridgehead atoms. The number of ether oxygens (including phenoxy) is 2. The van der Waals surface area contributed by atoms with Crippen LogP contribution in [-0.2, 0) is 0 Å². The van der Waals surface area contributed by atoms with Crippen LogP contribution in [0, 0.1) is 0 Å². The third-order valence-corrected chi connectivity index (χ3v) is 4.16.